The summed E-state index contributed by atoms with van der Waals surface area (Å²) in [5, 5.41) is 11.6. The molecule has 0 aliphatic heterocycles. The van der Waals surface area contributed by atoms with Gasteiger partial charge in [-0.3, -0.25) is 24.0 Å². The number of carbonyl (C=O) groups excluding carboxylic acids is 6. The number of rotatable bonds is 17. The first-order valence-corrected chi connectivity index (χ1v) is 15.7. The Bertz CT molecular complexity index is 1470. The summed E-state index contributed by atoms with van der Waals surface area (Å²) >= 11 is 0. The van der Waals surface area contributed by atoms with Crippen LogP contribution in [0.4, 0.5) is 10.5 Å². The number of nitrogens with zero attached hydrogens (tertiary/aromatic N) is 1. The van der Waals surface area contributed by atoms with E-state index in [9.17, 15) is 28.8 Å². The third-order valence-electron chi connectivity index (χ3n) is 6.48. The molecule has 6 N–H and O–H groups in total. The summed E-state index contributed by atoms with van der Waals surface area (Å²) in [5.74, 6) is -3.92. The van der Waals surface area contributed by atoms with Crippen LogP contribution in [0.25, 0.3) is 0 Å². The molecule has 2 aromatic carbocycles. The maximum Gasteiger partial charge on any atom is 0.332 e. The van der Waals surface area contributed by atoms with Crippen LogP contribution < -0.4 is 31.8 Å². The highest BCUT2D eigenvalue weighted by Crippen LogP contribution is 2.24. The number of hydrogen-bond acceptors (Lipinski definition) is 10. The van der Waals surface area contributed by atoms with Gasteiger partial charge in [-0.2, -0.15) is 5.10 Å². The molecule has 0 aromatic heterocycles. The molecule has 0 saturated heterocycles. The average molecular weight is 683 g/mol. The number of primary amides is 1. The molecule has 0 fully saturated rings. The summed E-state index contributed by atoms with van der Waals surface area (Å²) in [7, 11) is 1.20. The van der Waals surface area contributed by atoms with Gasteiger partial charge in [0.15, 0.2) is 0 Å². The Morgan fingerprint density at radius 2 is 1.53 bits per heavy atom. The van der Waals surface area contributed by atoms with Crippen LogP contribution in [0.1, 0.15) is 60.3 Å². The third kappa shape index (κ3) is 15.8. The smallest absolute Gasteiger partial charge is 0.332 e. The molecule has 266 valence electrons. The predicted molar refractivity (Wildman–Crippen MR) is 181 cm³/mol. The maximum atomic E-state index is 13.7. The van der Waals surface area contributed by atoms with Crippen LogP contribution in [0, 0.1) is 11.8 Å². The molecule has 3 atom stereocenters. The fourth-order valence-electron chi connectivity index (χ4n) is 4.38. The summed E-state index contributed by atoms with van der Waals surface area (Å²) in [4.78, 5) is 76.3. The molecule has 15 heteroatoms. The van der Waals surface area contributed by atoms with E-state index in [4.69, 9.17) is 19.9 Å². The van der Waals surface area contributed by atoms with E-state index in [1.807, 2.05) is 23.6 Å². The molecule has 0 heterocycles. The first-order valence-electron chi connectivity index (χ1n) is 15.7. The number of nitrogens with two attached hydrogens (primary N) is 1. The Balaban J connectivity index is 2.27. The summed E-state index contributed by atoms with van der Waals surface area (Å²) in [6.45, 7) is 8.62. The zero-order valence-electron chi connectivity index (χ0n) is 28.6. The number of esters is 2. The standard InChI is InChI=1S/C34H46N6O9/c1-21(2)17-26(30(43)38-23(20-36-40-33(35)46)19-29(42)49-34(3,4)5)31(44)39-27(15-16-28(41)47-6)32(45)37-22-11-10-14-25(18-22)48-24-12-8-7-9-13-24/h7-14,18,20-21,23,26-27H,15-17,19H2,1-6H3,(H,37,45)(H,38,43)(H,39,44)(H3,35,40,46). The van der Waals surface area contributed by atoms with Gasteiger partial charge in [0, 0.05) is 24.4 Å². The van der Waals surface area contributed by atoms with E-state index in [0.717, 1.165) is 6.21 Å². The molecule has 0 radical (unpaired) electrons. The molecule has 0 bridgehead atoms. The Morgan fingerprint density at radius 1 is 0.878 bits per heavy atom. The lowest BCUT2D eigenvalue weighted by Gasteiger charge is -2.25. The normalized spacial score (nSPS) is 13.0. The number of anilines is 1. The molecular formula is C34H46N6O9. The van der Waals surface area contributed by atoms with Crippen molar-refractivity contribution < 1.29 is 43.0 Å². The molecule has 0 aliphatic carbocycles. The molecule has 0 saturated carbocycles. The highest BCUT2D eigenvalue weighted by atomic mass is 16.6. The van der Waals surface area contributed by atoms with E-state index < -0.39 is 59.3 Å². The second kappa shape index (κ2) is 19.4. The van der Waals surface area contributed by atoms with Gasteiger partial charge in [-0.1, -0.05) is 38.1 Å². The van der Waals surface area contributed by atoms with Crippen molar-refractivity contribution in [1.82, 2.24) is 16.1 Å². The average Bonchev–Trinajstić information content (AvgIpc) is 3.00. The van der Waals surface area contributed by atoms with Gasteiger partial charge < -0.3 is 35.9 Å². The quantitative estimate of drug-likeness (QED) is 0.0714. The Kier molecular flexibility index (Phi) is 15.7. The number of nitrogens with one attached hydrogen (secondary N) is 4. The Hall–Kier alpha value is -5.47. The number of urea groups is 1. The van der Waals surface area contributed by atoms with E-state index in [-0.39, 0.29) is 31.6 Å². The van der Waals surface area contributed by atoms with E-state index in [0.29, 0.717) is 17.2 Å². The van der Waals surface area contributed by atoms with E-state index >= 15 is 0 Å². The molecule has 2 aromatic rings. The summed E-state index contributed by atoms with van der Waals surface area (Å²) in [6.07, 6.45) is 0.443. The van der Waals surface area contributed by atoms with Crippen molar-refractivity contribution >= 4 is 47.6 Å². The van der Waals surface area contributed by atoms with Gasteiger partial charge in [0.1, 0.15) is 29.1 Å². The maximum absolute atomic E-state index is 13.7. The lowest BCUT2D eigenvalue weighted by molar-refractivity contribution is -0.155. The van der Waals surface area contributed by atoms with Crippen LogP contribution in [0.5, 0.6) is 11.5 Å². The van der Waals surface area contributed by atoms with Crippen molar-refractivity contribution in [2.24, 2.45) is 22.7 Å². The SMILES string of the molecule is COC(=O)CCC(NC(=O)C(CC(C)C)C(=O)NC(C=NNC(N)=O)CC(=O)OC(C)(C)C)C(=O)Nc1cccc(Oc2ccccc2)c1. The van der Waals surface area contributed by atoms with Crippen LogP contribution in [-0.2, 0) is 33.4 Å². The van der Waals surface area contributed by atoms with Crippen LogP contribution >= 0.6 is 0 Å². The highest BCUT2D eigenvalue weighted by molar-refractivity contribution is 6.04. The van der Waals surface area contributed by atoms with Gasteiger partial charge >= 0.3 is 18.0 Å². The predicted octanol–water partition coefficient (Wildman–Crippen LogP) is 3.39. The van der Waals surface area contributed by atoms with Gasteiger partial charge in [0.2, 0.25) is 17.7 Å². The zero-order chi connectivity index (χ0) is 36.6. The number of amides is 5. The molecule has 49 heavy (non-hydrogen) atoms. The molecule has 0 spiro atoms. The highest BCUT2D eigenvalue weighted by Gasteiger charge is 2.33. The number of methoxy groups -OCH3 is 1. The molecular weight excluding hydrogens is 636 g/mol. The zero-order valence-corrected chi connectivity index (χ0v) is 28.6. The number of hydrazone groups is 1. The lowest BCUT2D eigenvalue weighted by atomic mass is 9.94. The van der Waals surface area contributed by atoms with Gasteiger partial charge in [0.05, 0.1) is 19.6 Å². The monoisotopic (exact) mass is 682 g/mol. The first-order chi connectivity index (χ1) is 23.1. The number of benzene rings is 2. The molecule has 15 nitrogen and oxygen atoms in total. The van der Waals surface area contributed by atoms with Crippen molar-refractivity contribution in [2.45, 2.75) is 78.0 Å². The Labute approximate surface area is 285 Å². The molecule has 0 aliphatic rings. The minimum Gasteiger partial charge on any atom is -0.469 e. The second-order valence-electron chi connectivity index (χ2n) is 12.5. The second-order valence-corrected chi connectivity index (χ2v) is 12.5. The van der Waals surface area contributed by atoms with Gasteiger partial charge in [-0.15, -0.1) is 0 Å². The summed E-state index contributed by atoms with van der Waals surface area (Å²) in [5.41, 5.74) is 6.59. The summed E-state index contributed by atoms with van der Waals surface area (Å²) < 4.78 is 15.9. The molecule has 5 amide bonds. The van der Waals surface area contributed by atoms with Crippen molar-refractivity contribution in [3.63, 3.8) is 0 Å². The number of carbonyl (C=O) groups is 6. The molecule has 2 rings (SSSR count). The van der Waals surface area contributed by atoms with Gasteiger partial charge in [-0.25, -0.2) is 10.2 Å². The van der Waals surface area contributed by atoms with Crippen molar-refractivity contribution in [2.75, 3.05) is 12.4 Å². The van der Waals surface area contributed by atoms with Gasteiger partial charge in [-0.05, 0) is 63.8 Å². The molecule has 3 unspecified atom stereocenters. The van der Waals surface area contributed by atoms with Crippen LogP contribution in [0.2, 0.25) is 0 Å². The van der Waals surface area contributed by atoms with E-state index in [2.05, 4.69) is 21.1 Å². The van der Waals surface area contributed by atoms with Crippen LogP contribution in [-0.4, -0.2) is 66.7 Å². The lowest BCUT2D eigenvalue weighted by Crippen LogP contribution is -2.51. The van der Waals surface area contributed by atoms with Crippen LogP contribution in [0.15, 0.2) is 59.7 Å². The van der Waals surface area contributed by atoms with Gasteiger partial charge in [0.25, 0.3) is 0 Å². The number of hydrogen-bond donors (Lipinski definition) is 5. The number of ether oxygens (including phenoxy) is 3. The van der Waals surface area contributed by atoms with Crippen LogP contribution in [0.3, 0.4) is 0 Å². The summed E-state index contributed by atoms with van der Waals surface area (Å²) in [6, 6.07) is 12.3. The largest absolute Gasteiger partial charge is 0.469 e. The van der Waals surface area contributed by atoms with Crippen molar-refractivity contribution in [1.29, 1.82) is 0 Å². The van der Waals surface area contributed by atoms with Crippen molar-refractivity contribution in [3.8, 4) is 11.5 Å². The minimum absolute atomic E-state index is 0.0672. The third-order valence-corrected chi connectivity index (χ3v) is 6.48. The number of para-hydroxylation sites is 1. The fraction of sp³-hybridized carbons (Fsp3) is 0.441. The fourth-order valence-corrected chi connectivity index (χ4v) is 4.38. The topological polar surface area (TPSA) is 217 Å². The van der Waals surface area contributed by atoms with Crippen molar-refractivity contribution in [3.05, 3.63) is 54.6 Å². The van der Waals surface area contributed by atoms with E-state index in [1.54, 1.807) is 71.0 Å². The Morgan fingerprint density at radius 3 is 2.14 bits per heavy atom. The minimum atomic E-state index is -1.32. The van der Waals surface area contributed by atoms with E-state index in [1.165, 1.54) is 7.11 Å². The first kappa shape index (κ1) is 39.7.